The molecule has 0 atom stereocenters. The number of nitrogens with one attached hydrogen (secondary N) is 1. The van der Waals surface area contributed by atoms with Crippen LogP contribution in [0.3, 0.4) is 0 Å². The SMILES string of the molecule is CS(=O)(=O)c1ccc2nc(-c3cc(O)ccc3Cl)[nH]c2c1. The van der Waals surface area contributed by atoms with E-state index >= 15 is 0 Å². The maximum absolute atomic E-state index is 11.6. The van der Waals surface area contributed by atoms with Gasteiger partial charge in [0.25, 0.3) is 0 Å². The average Bonchev–Trinajstić information content (AvgIpc) is 2.83. The van der Waals surface area contributed by atoms with Crippen LogP contribution in [0, 0.1) is 0 Å². The van der Waals surface area contributed by atoms with Crippen LogP contribution in [0.2, 0.25) is 5.02 Å². The summed E-state index contributed by atoms with van der Waals surface area (Å²) in [6.45, 7) is 0. The van der Waals surface area contributed by atoms with Crippen molar-refractivity contribution in [2.75, 3.05) is 6.26 Å². The molecule has 1 aromatic heterocycles. The van der Waals surface area contributed by atoms with Gasteiger partial charge in [-0.1, -0.05) is 11.6 Å². The second-order valence-electron chi connectivity index (χ2n) is 4.70. The lowest BCUT2D eigenvalue weighted by molar-refractivity contribution is 0.475. The van der Waals surface area contributed by atoms with Gasteiger partial charge in [0.05, 0.1) is 21.0 Å². The molecule has 0 bridgehead atoms. The van der Waals surface area contributed by atoms with Crippen molar-refractivity contribution >= 4 is 32.5 Å². The first-order chi connectivity index (χ1) is 9.84. The predicted octanol–water partition coefficient (Wildman–Crippen LogP) is 2.99. The number of benzene rings is 2. The van der Waals surface area contributed by atoms with Gasteiger partial charge in [0.2, 0.25) is 0 Å². The number of hydrogen-bond acceptors (Lipinski definition) is 4. The maximum atomic E-state index is 11.6. The molecule has 5 nitrogen and oxygen atoms in total. The van der Waals surface area contributed by atoms with Crippen LogP contribution in [0.4, 0.5) is 0 Å². The average molecular weight is 323 g/mol. The van der Waals surface area contributed by atoms with Crippen LogP contribution >= 0.6 is 11.6 Å². The van der Waals surface area contributed by atoms with Crippen molar-refractivity contribution in [1.29, 1.82) is 0 Å². The zero-order valence-corrected chi connectivity index (χ0v) is 12.5. The summed E-state index contributed by atoms with van der Waals surface area (Å²) in [4.78, 5) is 7.60. The molecule has 1 heterocycles. The Labute approximate surface area is 126 Å². The Hall–Kier alpha value is -2.05. The van der Waals surface area contributed by atoms with Crippen LogP contribution in [-0.2, 0) is 9.84 Å². The lowest BCUT2D eigenvalue weighted by atomic mass is 10.2. The topological polar surface area (TPSA) is 83.1 Å². The van der Waals surface area contributed by atoms with Gasteiger partial charge in [-0.15, -0.1) is 0 Å². The molecule has 0 amide bonds. The number of hydrogen-bond donors (Lipinski definition) is 2. The molecule has 0 aliphatic heterocycles. The van der Waals surface area contributed by atoms with Crippen molar-refractivity contribution < 1.29 is 13.5 Å². The molecular formula is C14H11ClN2O3S. The maximum Gasteiger partial charge on any atom is 0.175 e. The highest BCUT2D eigenvalue weighted by Gasteiger charge is 2.13. The molecule has 21 heavy (non-hydrogen) atoms. The second-order valence-corrected chi connectivity index (χ2v) is 7.12. The van der Waals surface area contributed by atoms with E-state index in [4.69, 9.17) is 11.6 Å². The molecule has 0 saturated heterocycles. The quantitative estimate of drug-likeness (QED) is 0.759. The number of nitrogens with zero attached hydrogens (tertiary/aromatic N) is 1. The highest BCUT2D eigenvalue weighted by Crippen LogP contribution is 2.31. The summed E-state index contributed by atoms with van der Waals surface area (Å²) in [6, 6.07) is 9.21. The predicted molar refractivity (Wildman–Crippen MR) is 81.3 cm³/mol. The zero-order valence-electron chi connectivity index (χ0n) is 11.0. The summed E-state index contributed by atoms with van der Waals surface area (Å²) in [5, 5.41) is 9.98. The third-order valence-electron chi connectivity index (χ3n) is 3.09. The third-order valence-corrected chi connectivity index (χ3v) is 4.53. The molecule has 2 aromatic carbocycles. The number of fused-ring (bicyclic) bond motifs is 1. The van der Waals surface area contributed by atoms with E-state index in [0.717, 1.165) is 6.26 Å². The Morgan fingerprint density at radius 1 is 1.19 bits per heavy atom. The van der Waals surface area contributed by atoms with Crippen molar-refractivity contribution in [3.05, 3.63) is 41.4 Å². The summed E-state index contributed by atoms with van der Waals surface area (Å²) in [5.74, 6) is 0.545. The first-order valence-corrected chi connectivity index (χ1v) is 8.30. The number of sulfone groups is 1. The summed E-state index contributed by atoms with van der Waals surface area (Å²) >= 11 is 6.10. The van der Waals surface area contributed by atoms with Crippen LogP contribution in [0.15, 0.2) is 41.3 Å². The molecule has 3 rings (SSSR count). The summed E-state index contributed by atoms with van der Waals surface area (Å²) < 4.78 is 23.1. The fourth-order valence-corrected chi connectivity index (χ4v) is 2.90. The molecule has 108 valence electrons. The second kappa shape index (κ2) is 4.75. The minimum Gasteiger partial charge on any atom is -0.508 e. The number of phenolic OH excluding ortho intramolecular Hbond substituents is 1. The van der Waals surface area contributed by atoms with Gasteiger partial charge < -0.3 is 10.1 Å². The highest BCUT2D eigenvalue weighted by molar-refractivity contribution is 7.90. The Morgan fingerprint density at radius 3 is 2.67 bits per heavy atom. The molecule has 0 radical (unpaired) electrons. The van der Waals surface area contributed by atoms with E-state index < -0.39 is 9.84 Å². The van der Waals surface area contributed by atoms with Crippen LogP contribution < -0.4 is 0 Å². The highest BCUT2D eigenvalue weighted by atomic mass is 35.5. The van der Waals surface area contributed by atoms with Crippen LogP contribution in [0.1, 0.15) is 0 Å². The largest absolute Gasteiger partial charge is 0.508 e. The number of aromatic amines is 1. The van der Waals surface area contributed by atoms with Gasteiger partial charge in [-0.2, -0.15) is 0 Å². The molecule has 0 spiro atoms. The molecule has 3 aromatic rings. The van der Waals surface area contributed by atoms with Gasteiger partial charge in [0.1, 0.15) is 11.6 Å². The van der Waals surface area contributed by atoms with Crippen LogP contribution in [0.5, 0.6) is 5.75 Å². The van der Waals surface area contributed by atoms with Gasteiger partial charge in [0, 0.05) is 11.8 Å². The van der Waals surface area contributed by atoms with Crippen molar-refractivity contribution in [2.45, 2.75) is 4.90 Å². The lowest BCUT2D eigenvalue weighted by Crippen LogP contribution is -1.96. The molecule has 0 unspecified atom stereocenters. The van der Waals surface area contributed by atoms with E-state index in [1.807, 2.05) is 0 Å². The van der Waals surface area contributed by atoms with E-state index in [2.05, 4.69) is 9.97 Å². The number of H-pyrrole nitrogens is 1. The van der Waals surface area contributed by atoms with Crippen LogP contribution in [-0.4, -0.2) is 29.7 Å². The van der Waals surface area contributed by atoms with Crippen LogP contribution in [0.25, 0.3) is 22.4 Å². The summed E-state index contributed by atoms with van der Waals surface area (Å²) in [7, 11) is -3.28. The van der Waals surface area contributed by atoms with Crippen molar-refractivity contribution in [3.8, 4) is 17.1 Å². The minimum absolute atomic E-state index is 0.0756. The van der Waals surface area contributed by atoms with Crippen molar-refractivity contribution in [3.63, 3.8) is 0 Å². The van der Waals surface area contributed by atoms with Gasteiger partial charge in [-0.05, 0) is 36.4 Å². The monoisotopic (exact) mass is 322 g/mol. The first kappa shape index (κ1) is 13.9. The third kappa shape index (κ3) is 2.59. The molecular weight excluding hydrogens is 312 g/mol. The molecule has 0 fully saturated rings. The summed E-state index contributed by atoms with van der Waals surface area (Å²) in [5.41, 5.74) is 1.76. The minimum atomic E-state index is -3.28. The Bertz CT molecular complexity index is 948. The number of rotatable bonds is 2. The Kier molecular flexibility index (Phi) is 3.15. The standard InChI is InChI=1S/C14H11ClN2O3S/c1-21(19,20)9-3-5-12-13(7-9)17-14(16-12)10-6-8(18)2-4-11(10)15/h2-7,18H,1H3,(H,16,17). The van der Waals surface area contributed by atoms with Gasteiger partial charge in [-0.3, -0.25) is 0 Å². The zero-order chi connectivity index (χ0) is 15.2. The first-order valence-electron chi connectivity index (χ1n) is 6.03. The number of aromatic hydroxyl groups is 1. The van der Waals surface area contributed by atoms with E-state index in [0.29, 0.717) is 27.4 Å². The fraction of sp³-hybridized carbons (Fsp3) is 0.0714. The van der Waals surface area contributed by atoms with Gasteiger partial charge in [0.15, 0.2) is 9.84 Å². The van der Waals surface area contributed by atoms with E-state index in [-0.39, 0.29) is 10.6 Å². The number of imidazole rings is 1. The number of phenols is 1. The van der Waals surface area contributed by atoms with Crippen molar-refractivity contribution in [1.82, 2.24) is 9.97 Å². The normalized spacial score (nSPS) is 11.9. The van der Waals surface area contributed by atoms with Gasteiger partial charge in [-0.25, -0.2) is 13.4 Å². The van der Waals surface area contributed by atoms with E-state index in [1.54, 1.807) is 12.1 Å². The van der Waals surface area contributed by atoms with E-state index in [9.17, 15) is 13.5 Å². The number of aromatic nitrogens is 2. The molecule has 0 aliphatic carbocycles. The summed E-state index contributed by atoms with van der Waals surface area (Å²) in [6.07, 6.45) is 1.15. The molecule has 0 aliphatic rings. The van der Waals surface area contributed by atoms with Crippen molar-refractivity contribution in [2.24, 2.45) is 0 Å². The molecule has 7 heteroatoms. The number of halogens is 1. The Balaban J connectivity index is 2.20. The molecule has 0 saturated carbocycles. The molecule has 2 N–H and O–H groups in total. The Morgan fingerprint density at radius 2 is 1.95 bits per heavy atom. The fourth-order valence-electron chi connectivity index (χ4n) is 2.04. The lowest BCUT2D eigenvalue weighted by Gasteiger charge is -2.00. The van der Waals surface area contributed by atoms with Gasteiger partial charge >= 0.3 is 0 Å². The smallest absolute Gasteiger partial charge is 0.175 e. The van der Waals surface area contributed by atoms with E-state index in [1.165, 1.54) is 24.3 Å².